The second kappa shape index (κ2) is 13.3. The minimum absolute atomic E-state index is 0.0831. The molecule has 1 fully saturated rings. The summed E-state index contributed by atoms with van der Waals surface area (Å²) < 4.78 is 5.86. The van der Waals surface area contributed by atoms with Gasteiger partial charge in [0.05, 0.1) is 17.3 Å². The Bertz CT molecular complexity index is 1390. The lowest BCUT2D eigenvalue weighted by molar-refractivity contribution is -0.122. The van der Waals surface area contributed by atoms with E-state index in [0.29, 0.717) is 30.1 Å². The molecule has 1 unspecified atom stereocenters. The Balaban J connectivity index is 1.24. The van der Waals surface area contributed by atoms with Crippen molar-refractivity contribution in [3.63, 3.8) is 0 Å². The van der Waals surface area contributed by atoms with E-state index in [-0.39, 0.29) is 17.9 Å². The average Bonchev–Trinajstić information content (AvgIpc) is 3.03. The number of rotatable bonds is 9. The summed E-state index contributed by atoms with van der Waals surface area (Å²) in [6.45, 7) is 6.50. The molecular formula is C35H37N3O3. The molecule has 1 aliphatic rings. The zero-order valence-corrected chi connectivity index (χ0v) is 23.7. The lowest BCUT2D eigenvalue weighted by Crippen LogP contribution is -2.50. The van der Waals surface area contributed by atoms with Gasteiger partial charge in [0.1, 0.15) is 5.75 Å². The van der Waals surface area contributed by atoms with Crippen LogP contribution in [0.25, 0.3) is 0 Å². The summed E-state index contributed by atoms with van der Waals surface area (Å²) in [6, 6.07) is 36.1. The number of nitrogens with one attached hydrogen (secondary N) is 1. The maximum Gasteiger partial charge on any atom is 0.265 e. The van der Waals surface area contributed by atoms with Crippen LogP contribution in [0.4, 0.5) is 5.69 Å². The number of piperazine rings is 1. The van der Waals surface area contributed by atoms with Crippen LogP contribution in [0.15, 0.2) is 109 Å². The van der Waals surface area contributed by atoms with Crippen molar-refractivity contribution in [2.24, 2.45) is 0 Å². The largest absolute Gasteiger partial charge is 0.481 e. The van der Waals surface area contributed by atoms with Gasteiger partial charge in [0.25, 0.3) is 11.8 Å². The summed E-state index contributed by atoms with van der Waals surface area (Å²) in [6.07, 6.45) is 0.221. The highest BCUT2D eigenvalue weighted by Gasteiger charge is 2.29. The molecule has 1 saturated heterocycles. The smallest absolute Gasteiger partial charge is 0.265 e. The first kappa shape index (κ1) is 28.1. The summed E-state index contributed by atoms with van der Waals surface area (Å²) in [4.78, 5) is 31.0. The molecule has 0 bridgehead atoms. The third-order valence-electron chi connectivity index (χ3n) is 7.63. The van der Waals surface area contributed by atoms with E-state index in [0.717, 1.165) is 19.5 Å². The number of anilines is 1. The first-order chi connectivity index (χ1) is 20.0. The molecule has 0 saturated carbocycles. The lowest BCUT2D eigenvalue weighted by Gasteiger charge is -2.40. The Hall–Kier alpha value is -4.42. The van der Waals surface area contributed by atoms with Crippen molar-refractivity contribution in [3.05, 3.63) is 131 Å². The predicted molar refractivity (Wildman–Crippen MR) is 163 cm³/mol. The standard InChI is InChI=1S/C35H37N3O3/c1-3-27-18-20-30(21-19-27)41-26(2)34(39)36-32-17-11-10-16-31(32)35(40)38-24-22-37(23-25-38)33(28-12-6-4-7-13-28)29-14-8-5-9-15-29/h4-21,26,33H,3,22-25H2,1-2H3,(H,36,39). The number of carbonyl (C=O) groups is 2. The predicted octanol–water partition coefficient (Wildman–Crippen LogP) is 6.20. The summed E-state index contributed by atoms with van der Waals surface area (Å²) in [7, 11) is 0. The molecule has 0 radical (unpaired) electrons. The summed E-state index contributed by atoms with van der Waals surface area (Å²) >= 11 is 0. The third kappa shape index (κ3) is 6.84. The van der Waals surface area contributed by atoms with Crippen molar-refractivity contribution in [3.8, 4) is 5.75 Å². The molecule has 6 heteroatoms. The van der Waals surface area contributed by atoms with Gasteiger partial charge in [-0.3, -0.25) is 14.5 Å². The zero-order valence-electron chi connectivity index (χ0n) is 23.7. The Morgan fingerprint density at radius 3 is 1.90 bits per heavy atom. The van der Waals surface area contributed by atoms with E-state index >= 15 is 0 Å². The second-order valence-electron chi connectivity index (χ2n) is 10.3. The first-order valence-electron chi connectivity index (χ1n) is 14.3. The molecule has 1 heterocycles. The first-order valence-corrected chi connectivity index (χ1v) is 14.3. The molecule has 0 aliphatic carbocycles. The second-order valence-corrected chi connectivity index (χ2v) is 10.3. The summed E-state index contributed by atoms with van der Waals surface area (Å²) in [5.41, 5.74) is 4.66. The Morgan fingerprint density at radius 2 is 1.32 bits per heavy atom. The zero-order chi connectivity index (χ0) is 28.6. The van der Waals surface area contributed by atoms with E-state index in [2.05, 4.69) is 65.7 Å². The number of hydrogen-bond acceptors (Lipinski definition) is 4. The van der Waals surface area contributed by atoms with Gasteiger partial charge in [0.15, 0.2) is 6.10 Å². The Labute approximate surface area is 242 Å². The Kier molecular flexibility index (Phi) is 9.12. The van der Waals surface area contributed by atoms with Gasteiger partial charge in [-0.25, -0.2) is 0 Å². The van der Waals surface area contributed by atoms with Crippen LogP contribution in [-0.2, 0) is 11.2 Å². The molecule has 0 aromatic heterocycles. The van der Waals surface area contributed by atoms with Crippen LogP contribution in [0.2, 0.25) is 0 Å². The molecule has 4 aromatic rings. The van der Waals surface area contributed by atoms with Gasteiger partial charge in [-0.15, -0.1) is 0 Å². The average molecular weight is 548 g/mol. The van der Waals surface area contributed by atoms with Crippen LogP contribution < -0.4 is 10.1 Å². The van der Waals surface area contributed by atoms with E-state index in [9.17, 15) is 9.59 Å². The lowest BCUT2D eigenvalue weighted by atomic mass is 9.96. The van der Waals surface area contributed by atoms with Crippen LogP contribution in [0, 0.1) is 0 Å². The van der Waals surface area contributed by atoms with Gasteiger partial charge in [-0.2, -0.15) is 0 Å². The minimum Gasteiger partial charge on any atom is -0.481 e. The topological polar surface area (TPSA) is 61.9 Å². The highest BCUT2D eigenvalue weighted by Crippen LogP contribution is 2.30. The van der Waals surface area contributed by atoms with Gasteiger partial charge < -0.3 is 15.0 Å². The summed E-state index contributed by atoms with van der Waals surface area (Å²) in [5, 5.41) is 2.92. The fraction of sp³-hybridized carbons (Fsp3) is 0.257. The number of aryl methyl sites for hydroxylation is 1. The fourth-order valence-electron chi connectivity index (χ4n) is 5.31. The van der Waals surface area contributed by atoms with Crippen LogP contribution in [0.3, 0.4) is 0 Å². The SMILES string of the molecule is CCc1ccc(OC(C)C(=O)Nc2ccccc2C(=O)N2CCN(C(c3ccccc3)c3ccccc3)CC2)cc1. The van der Waals surface area contributed by atoms with Crippen LogP contribution >= 0.6 is 0 Å². The van der Waals surface area contributed by atoms with E-state index < -0.39 is 6.10 Å². The van der Waals surface area contributed by atoms with E-state index in [1.807, 2.05) is 53.4 Å². The Morgan fingerprint density at radius 1 is 0.756 bits per heavy atom. The summed E-state index contributed by atoms with van der Waals surface area (Å²) in [5.74, 6) is 0.250. The third-order valence-corrected chi connectivity index (χ3v) is 7.63. The molecule has 210 valence electrons. The molecular weight excluding hydrogens is 510 g/mol. The molecule has 1 N–H and O–H groups in total. The number of ether oxygens (including phenoxy) is 1. The van der Waals surface area contributed by atoms with Gasteiger partial charge in [-0.1, -0.05) is 91.9 Å². The van der Waals surface area contributed by atoms with Crippen molar-refractivity contribution < 1.29 is 14.3 Å². The van der Waals surface area contributed by atoms with Crippen LogP contribution in [-0.4, -0.2) is 53.9 Å². The van der Waals surface area contributed by atoms with Crippen molar-refractivity contribution >= 4 is 17.5 Å². The number of hydrogen-bond donors (Lipinski definition) is 1. The van der Waals surface area contributed by atoms with Gasteiger partial charge in [-0.05, 0) is 54.3 Å². The van der Waals surface area contributed by atoms with E-state index in [1.54, 1.807) is 19.1 Å². The van der Waals surface area contributed by atoms with Gasteiger partial charge >= 0.3 is 0 Å². The molecule has 1 aliphatic heterocycles. The number of amides is 2. The molecule has 41 heavy (non-hydrogen) atoms. The quantitative estimate of drug-likeness (QED) is 0.271. The fourth-order valence-corrected chi connectivity index (χ4v) is 5.31. The molecule has 2 amide bonds. The molecule has 6 nitrogen and oxygen atoms in total. The van der Waals surface area contributed by atoms with Crippen molar-refractivity contribution in [2.75, 3.05) is 31.5 Å². The van der Waals surface area contributed by atoms with Gasteiger partial charge in [0, 0.05) is 26.2 Å². The normalized spacial score (nSPS) is 14.5. The maximum atomic E-state index is 13.7. The van der Waals surface area contributed by atoms with Crippen molar-refractivity contribution in [1.82, 2.24) is 9.80 Å². The number of para-hydroxylation sites is 1. The molecule has 4 aromatic carbocycles. The molecule has 5 rings (SSSR count). The van der Waals surface area contributed by atoms with E-state index in [1.165, 1.54) is 16.7 Å². The number of carbonyl (C=O) groups excluding carboxylic acids is 2. The number of nitrogens with zero attached hydrogens (tertiary/aromatic N) is 2. The molecule has 0 spiro atoms. The maximum absolute atomic E-state index is 13.7. The van der Waals surface area contributed by atoms with E-state index in [4.69, 9.17) is 4.74 Å². The van der Waals surface area contributed by atoms with Crippen molar-refractivity contribution in [1.29, 1.82) is 0 Å². The molecule has 1 atom stereocenters. The van der Waals surface area contributed by atoms with Gasteiger partial charge in [0.2, 0.25) is 0 Å². The van der Waals surface area contributed by atoms with Crippen molar-refractivity contribution in [2.45, 2.75) is 32.4 Å². The minimum atomic E-state index is -0.720. The van der Waals surface area contributed by atoms with Crippen LogP contribution in [0.1, 0.15) is 46.9 Å². The highest BCUT2D eigenvalue weighted by molar-refractivity contribution is 6.04. The number of benzene rings is 4. The highest BCUT2D eigenvalue weighted by atomic mass is 16.5. The van der Waals surface area contributed by atoms with Crippen LogP contribution in [0.5, 0.6) is 5.75 Å². The monoisotopic (exact) mass is 547 g/mol.